The van der Waals surface area contributed by atoms with Crippen molar-refractivity contribution < 1.29 is 20.4 Å². The summed E-state index contributed by atoms with van der Waals surface area (Å²) in [7, 11) is 0. The first kappa shape index (κ1) is 12.6. The Kier molecular flexibility index (Phi) is 3.77. The number of aliphatic hydroxyl groups is 3. The molecular weight excluding hydrogens is 224 g/mol. The molecule has 0 spiro atoms. The third kappa shape index (κ3) is 2.57. The van der Waals surface area contributed by atoms with E-state index in [1.807, 2.05) is 0 Å². The van der Waals surface area contributed by atoms with Gasteiger partial charge in [0.2, 0.25) is 11.2 Å². The van der Waals surface area contributed by atoms with Crippen LogP contribution in [0.5, 0.6) is 5.75 Å². The second-order valence-electron chi connectivity index (χ2n) is 3.22. The fourth-order valence-corrected chi connectivity index (χ4v) is 1.16. The van der Waals surface area contributed by atoms with E-state index in [2.05, 4.69) is 0 Å². The summed E-state index contributed by atoms with van der Waals surface area (Å²) in [5.41, 5.74) is -0.963. The molecule has 0 saturated carbocycles. The summed E-state index contributed by atoms with van der Waals surface area (Å²) in [5, 5.41) is 37.8. The maximum absolute atomic E-state index is 11.3. The van der Waals surface area contributed by atoms with Crippen molar-refractivity contribution in [2.24, 2.45) is 0 Å². The van der Waals surface area contributed by atoms with Gasteiger partial charge in [-0.25, -0.2) is 0 Å². The lowest BCUT2D eigenvalue weighted by Crippen LogP contribution is -1.99. The van der Waals surface area contributed by atoms with Gasteiger partial charge in [0.25, 0.3) is 0 Å². The van der Waals surface area contributed by atoms with Crippen molar-refractivity contribution in [2.45, 2.75) is 6.92 Å². The van der Waals surface area contributed by atoms with Gasteiger partial charge in [-0.05, 0) is 25.1 Å². The highest BCUT2D eigenvalue weighted by Crippen LogP contribution is 2.23. The molecule has 0 unspecified atom stereocenters. The lowest BCUT2D eigenvalue weighted by atomic mass is 10.2. The van der Waals surface area contributed by atoms with Crippen molar-refractivity contribution in [3.8, 4) is 5.75 Å². The monoisotopic (exact) mass is 236 g/mol. The Balaban J connectivity index is 3.52. The molecule has 0 atom stereocenters. The molecule has 5 heteroatoms. The van der Waals surface area contributed by atoms with Crippen LogP contribution in [-0.4, -0.2) is 20.4 Å². The normalized spacial score (nSPS) is 13.1. The van der Waals surface area contributed by atoms with Gasteiger partial charge >= 0.3 is 0 Å². The molecule has 1 aromatic carbocycles. The van der Waals surface area contributed by atoms with E-state index >= 15 is 0 Å². The first-order valence-electron chi connectivity index (χ1n) is 4.79. The maximum Gasteiger partial charge on any atom is 0.220 e. The minimum atomic E-state index is -0.812. The molecule has 0 amide bonds. The van der Waals surface area contributed by atoms with E-state index in [9.17, 15) is 25.2 Å². The van der Waals surface area contributed by atoms with Gasteiger partial charge < -0.3 is 20.4 Å². The molecule has 4 N–H and O–H groups in total. The van der Waals surface area contributed by atoms with Crippen LogP contribution < -0.4 is 5.43 Å². The third-order valence-corrected chi connectivity index (χ3v) is 2.11. The number of hydrogen-bond acceptors (Lipinski definition) is 5. The predicted molar refractivity (Wildman–Crippen MR) is 62.9 cm³/mol. The molecule has 0 saturated heterocycles. The molecule has 0 aliphatic heterocycles. The summed E-state index contributed by atoms with van der Waals surface area (Å²) in [5.74, 6) is -2.84. The topological polar surface area (TPSA) is 98.0 Å². The van der Waals surface area contributed by atoms with Crippen LogP contribution in [0.1, 0.15) is 12.5 Å². The van der Waals surface area contributed by atoms with E-state index in [1.54, 1.807) is 0 Å². The summed E-state index contributed by atoms with van der Waals surface area (Å²) in [6.07, 6.45) is 1.16. The third-order valence-electron chi connectivity index (χ3n) is 2.11. The van der Waals surface area contributed by atoms with Crippen LogP contribution in [0, 0.1) is 0 Å². The maximum atomic E-state index is 11.3. The number of aliphatic hydroxyl groups excluding tert-OH is 3. The van der Waals surface area contributed by atoms with Gasteiger partial charge in [-0.2, -0.15) is 0 Å². The standard InChI is InChI=1S/C12H12O5/c1-2-8(13)12(17)11(16)7-5-3-4-6-9(14)10(7)15/h2-6,13,16-17H,1H3,(H,14,15)/b8-2+,12-11-. The predicted octanol–water partition coefficient (Wildman–Crippen LogP) is 2.00. The Morgan fingerprint density at radius 2 is 1.76 bits per heavy atom. The minimum absolute atomic E-state index is 0.258. The van der Waals surface area contributed by atoms with Gasteiger partial charge in [0.05, 0.1) is 5.56 Å². The largest absolute Gasteiger partial charge is 0.504 e. The number of hydrogen-bond donors (Lipinski definition) is 4. The van der Waals surface area contributed by atoms with Crippen LogP contribution in [0.4, 0.5) is 0 Å². The first-order valence-corrected chi connectivity index (χ1v) is 4.79. The Morgan fingerprint density at radius 1 is 1.18 bits per heavy atom. The molecule has 0 aliphatic carbocycles. The number of allylic oxidation sites excluding steroid dienone is 1. The van der Waals surface area contributed by atoms with Gasteiger partial charge in [0.15, 0.2) is 17.3 Å². The van der Waals surface area contributed by atoms with Crippen LogP contribution in [-0.2, 0) is 0 Å². The lowest BCUT2D eigenvalue weighted by Gasteiger charge is -2.04. The fourth-order valence-electron chi connectivity index (χ4n) is 1.16. The Morgan fingerprint density at radius 3 is 2.35 bits per heavy atom. The highest BCUT2D eigenvalue weighted by Gasteiger charge is 2.14. The Hall–Kier alpha value is -2.43. The molecule has 17 heavy (non-hydrogen) atoms. The molecule has 90 valence electrons. The van der Waals surface area contributed by atoms with Gasteiger partial charge in [-0.3, -0.25) is 4.79 Å². The molecule has 0 aromatic heterocycles. The van der Waals surface area contributed by atoms with E-state index in [0.29, 0.717) is 0 Å². The van der Waals surface area contributed by atoms with Crippen LogP contribution >= 0.6 is 0 Å². The molecule has 0 fully saturated rings. The van der Waals surface area contributed by atoms with Gasteiger partial charge in [0.1, 0.15) is 0 Å². The van der Waals surface area contributed by atoms with Crippen molar-refractivity contribution in [1.82, 2.24) is 0 Å². The zero-order valence-electron chi connectivity index (χ0n) is 9.08. The van der Waals surface area contributed by atoms with Crippen LogP contribution in [0.2, 0.25) is 0 Å². The quantitative estimate of drug-likeness (QED) is 0.465. The average molecular weight is 236 g/mol. The van der Waals surface area contributed by atoms with Gasteiger partial charge in [-0.15, -0.1) is 0 Å². The van der Waals surface area contributed by atoms with Gasteiger partial charge in [0, 0.05) is 0 Å². The molecular formula is C12H12O5. The van der Waals surface area contributed by atoms with E-state index < -0.39 is 28.5 Å². The van der Waals surface area contributed by atoms with Crippen LogP contribution in [0.3, 0.4) is 0 Å². The molecule has 0 aliphatic rings. The lowest BCUT2D eigenvalue weighted by molar-refractivity contribution is 0.312. The highest BCUT2D eigenvalue weighted by atomic mass is 16.3. The van der Waals surface area contributed by atoms with Crippen molar-refractivity contribution in [2.75, 3.05) is 0 Å². The van der Waals surface area contributed by atoms with Crippen molar-refractivity contribution in [3.63, 3.8) is 0 Å². The summed E-state index contributed by atoms with van der Waals surface area (Å²) in [6, 6.07) is 5.14. The fraction of sp³-hybridized carbons (Fsp3) is 0.0833. The molecule has 0 bridgehead atoms. The molecule has 1 aromatic rings. The van der Waals surface area contributed by atoms with E-state index in [0.717, 1.165) is 12.1 Å². The second kappa shape index (κ2) is 5.07. The number of aromatic hydroxyl groups is 1. The Bertz CT molecular complexity index is 543. The zero-order chi connectivity index (χ0) is 13.0. The smallest absolute Gasteiger partial charge is 0.220 e. The van der Waals surface area contributed by atoms with Crippen LogP contribution in [0.15, 0.2) is 46.7 Å². The van der Waals surface area contributed by atoms with Crippen molar-refractivity contribution in [3.05, 3.63) is 57.6 Å². The zero-order valence-corrected chi connectivity index (χ0v) is 9.08. The van der Waals surface area contributed by atoms with E-state index in [-0.39, 0.29) is 5.56 Å². The van der Waals surface area contributed by atoms with Crippen molar-refractivity contribution in [1.29, 1.82) is 0 Å². The summed E-state index contributed by atoms with van der Waals surface area (Å²) < 4.78 is 0. The SMILES string of the molecule is C/C=C(O)\C(O)=C(\O)c1ccccc(=O)c1O. The molecule has 1 rings (SSSR count). The van der Waals surface area contributed by atoms with Gasteiger partial charge in [-0.1, -0.05) is 12.1 Å². The molecule has 0 heterocycles. The summed E-state index contributed by atoms with van der Waals surface area (Å²) in [6.45, 7) is 1.45. The van der Waals surface area contributed by atoms with Crippen LogP contribution in [0.25, 0.3) is 5.76 Å². The molecule has 0 radical (unpaired) electrons. The minimum Gasteiger partial charge on any atom is -0.504 e. The summed E-state index contributed by atoms with van der Waals surface area (Å²) >= 11 is 0. The summed E-state index contributed by atoms with van der Waals surface area (Å²) in [4.78, 5) is 11.3. The van der Waals surface area contributed by atoms with E-state index in [1.165, 1.54) is 25.1 Å². The second-order valence-corrected chi connectivity index (χ2v) is 3.22. The highest BCUT2D eigenvalue weighted by molar-refractivity contribution is 5.67. The van der Waals surface area contributed by atoms with Crippen molar-refractivity contribution >= 4 is 5.76 Å². The molecule has 5 nitrogen and oxygen atoms in total. The first-order chi connectivity index (χ1) is 7.99. The Labute approximate surface area is 97.2 Å². The number of rotatable bonds is 2. The average Bonchev–Trinajstić information content (AvgIpc) is 2.50. The van der Waals surface area contributed by atoms with E-state index in [4.69, 9.17) is 0 Å².